The van der Waals surface area contributed by atoms with E-state index in [0.29, 0.717) is 18.2 Å². The SMILES string of the molecule is CNC(CCN1CCOC2CCCC21)c1ccc(C)cc1. The molecule has 1 aromatic carbocycles. The molecule has 3 heteroatoms. The summed E-state index contributed by atoms with van der Waals surface area (Å²) < 4.78 is 5.91. The summed E-state index contributed by atoms with van der Waals surface area (Å²) in [5, 5.41) is 3.48. The van der Waals surface area contributed by atoms with Gasteiger partial charge in [0.25, 0.3) is 0 Å². The average Bonchev–Trinajstić information content (AvgIpc) is 2.99. The molecular formula is C18H28N2O. The van der Waals surface area contributed by atoms with Gasteiger partial charge in [-0.25, -0.2) is 0 Å². The van der Waals surface area contributed by atoms with Gasteiger partial charge in [0, 0.05) is 25.2 Å². The molecule has 1 aliphatic carbocycles. The van der Waals surface area contributed by atoms with Gasteiger partial charge in [-0.1, -0.05) is 29.8 Å². The first-order chi connectivity index (χ1) is 10.3. The van der Waals surface area contributed by atoms with Crippen molar-refractivity contribution < 1.29 is 4.74 Å². The Hall–Kier alpha value is -0.900. The lowest BCUT2D eigenvalue weighted by Gasteiger charge is -2.38. The molecule has 0 radical (unpaired) electrons. The monoisotopic (exact) mass is 288 g/mol. The van der Waals surface area contributed by atoms with Crippen molar-refractivity contribution in [2.45, 2.75) is 50.8 Å². The molecule has 1 heterocycles. The fraction of sp³-hybridized carbons (Fsp3) is 0.667. The predicted molar refractivity (Wildman–Crippen MR) is 86.5 cm³/mol. The molecule has 1 aromatic rings. The normalized spacial score (nSPS) is 27.5. The first kappa shape index (κ1) is 15.0. The van der Waals surface area contributed by atoms with Gasteiger partial charge >= 0.3 is 0 Å². The van der Waals surface area contributed by atoms with E-state index in [0.717, 1.165) is 13.2 Å². The van der Waals surface area contributed by atoms with Crippen molar-refractivity contribution in [2.75, 3.05) is 26.7 Å². The number of rotatable bonds is 5. The zero-order valence-electron chi connectivity index (χ0n) is 13.3. The molecule has 0 aromatic heterocycles. The van der Waals surface area contributed by atoms with Crippen LogP contribution >= 0.6 is 0 Å². The number of fused-ring (bicyclic) bond motifs is 1. The zero-order valence-corrected chi connectivity index (χ0v) is 13.3. The van der Waals surface area contributed by atoms with Crippen LogP contribution in [0.25, 0.3) is 0 Å². The number of nitrogens with zero attached hydrogens (tertiary/aromatic N) is 1. The molecule has 0 spiro atoms. The Kier molecular flexibility index (Phi) is 4.94. The number of ether oxygens (including phenoxy) is 1. The second-order valence-electron chi connectivity index (χ2n) is 6.48. The third kappa shape index (κ3) is 3.47. The summed E-state index contributed by atoms with van der Waals surface area (Å²) in [5.74, 6) is 0. The molecule has 1 saturated carbocycles. The number of morpholine rings is 1. The maximum absolute atomic E-state index is 5.91. The third-order valence-electron chi connectivity index (χ3n) is 5.13. The summed E-state index contributed by atoms with van der Waals surface area (Å²) in [6, 6.07) is 10.1. The number of nitrogens with one attached hydrogen (secondary N) is 1. The maximum Gasteiger partial charge on any atom is 0.0730 e. The van der Waals surface area contributed by atoms with Gasteiger partial charge in [0.2, 0.25) is 0 Å². The van der Waals surface area contributed by atoms with E-state index < -0.39 is 0 Å². The van der Waals surface area contributed by atoms with Crippen LogP contribution in [0.4, 0.5) is 0 Å². The van der Waals surface area contributed by atoms with Crippen LogP contribution in [0.2, 0.25) is 0 Å². The van der Waals surface area contributed by atoms with Crippen LogP contribution in [0.3, 0.4) is 0 Å². The van der Waals surface area contributed by atoms with E-state index in [9.17, 15) is 0 Å². The summed E-state index contributed by atoms with van der Waals surface area (Å²) >= 11 is 0. The Balaban J connectivity index is 1.58. The highest BCUT2D eigenvalue weighted by molar-refractivity contribution is 5.24. The van der Waals surface area contributed by atoms with Crippen molar-refractivity contribution in [1.82, 2.24) is 10.2 Å². The van der Waals surface area contributed by atoms with Crippen molar-refractivity contribution in [2.24, 2.45) is 0 Å². The van der Waals surface area contributed by atoms with Gasteiger partial charge in [0.1, 0.15) is 0 Å². The lowest BCUT2D eigenvalue weighted by molar-refractivity contribution is -0.0563. The topological polar surface area (TPSA) is 24.5 Å². The molecule has 3 rings (SSSR count). The quantitative estimate of drug-likeness (QED) is 0.901. The van der Waals surface area contributed by atoms with Crippen molar-refractivity contribution in [1.29, 1.82) is 0 Å². The van der Waals surface area contributed by atoms with Gasteiger partial charge in [-0.05, 0) is 45.2 Å². The first-order valence-corrected chi connectivity index (χ1v) is 8.37. The summed E-state index contributed by atoms with van der Waals surface area (Å²) in [7, 11) is 2.07. The molecule has 1 N–H and O–H groups in total. The lowest BCUT2D eigenvalue weighted by atomic mass is 10.0. The minimum atomic E-state index is 0.452. The Morgan fingerprint density at radius 1 is 1.29 bits per heavy atom. The van der Waals surface area contributed by atoms with E-state index in [1.165, 1.54) is 43.4 Å². The molecule has 2 fully saturated rings. The molecule has 21 heavy (non-hydrogen) atoms. The standard InChI is InChI=1S/C18H28N2O/c1-14-6-8-15(9-7-14)16(19-2)10-11-20-12-13-21-18-5-3-4-17(18)20/h6-9,16-19H,3-5,10-13H2,1-2H3. The minimum absolute atomic E-state index is 0.452. The average molecular weight is 288 g/mol. The maximum atomic E-state index is 5.91. The van der Waals surface area contributed by atoms with Crippen LogP contribution in [0.1, 0.15) is 42.9 Å². The number of hydrogen-bond acceptors (Lipinski definition) is 3. The van der Waals surface area contributed by atoms with E-state index in [1.54, 1.807) is 0 Å². The number of hydrogen-bond donors (Lipinski definition) is 1. The Labute approximate surface area is 128 Å². The van der Waals surface area contributed by atoms with Crippen molar-refractivity contribution in [3.8, 4) is 0 Å². The summed E-state index contributed by atoms with van der Waals surface area (Å²) in [6.07, 6.45) is 5.59. The van der Waals surface area contributed by atoms with Crippen molar-refractivity contribution in [3.05, 3.63) is 35.4 Å². The molecule has 1 aliphatic heterocycles. The highest BCUT2D eigenvalue weighted by atomic mass is 16.5. The second-order valence-corrected chi connectivity index (χ2v) is 6.48. The van der Waals surface area contributed by atoms with E-state index >= 15 is 0 Å². The van der Waals surface area contributed by atoms with Crippen LogP contribution in [-0.2, 0) is 4.74 Å². The van der Waals surface area contributed by atoms with E-state index in [-0.39, 0.29) is 0 Å². The molecule has 3 unspecified atom stereocenters. The van der Waals surface area contributed by atoms with Gasteiger partial charge in [-0.15, -0.1) is 0 Å². The molecule has 0 amide bonds. The van der Waals surface area contributed by atoms with Gasteiger partial charge in [-0.2, -0.15) is 0 Å². The van der Waals surface area contributed by atoms with E-state index in [2.05, 4.69) is 48.5 Å². The Bertz CT molecular complexity index is 445. The fourth-order valence-corrected chi connectivity index (χ4v) is 3.85. The van der Waals surface area contributed by atoms with Crippen LogP contribution < -0.4 is 5.32 Å². The van der Waals surface area contributed by atoms with Crippen molar-refractivity contribution in [3.63, 3.8) is 0 Å². The van der Waals surface area contributed by atoms with Crippen LogP contribution in [0, 0.1) is 6.92 Å². The third-order valence-corrected chi connectivity index (χ3v) is 5.13. The van der Waals surface area contributed by atoms with Gasteiger partial charge in [0.05, 0.1) is 12.7 Å². The molecule has 3 atom stereocenters. The fourth-order valence-electron chi connectivity index (χ4n) is 3.85. The van der Waals surface area contributed by atoms with Crippen LogP contribution in [0.15, 0.2) is 24.3 Å². The summed E-state index contributed by atoms with van der Waals surface area (Å²) in [5.41, 5.74) is 2.73. The minimum Gasteiger partial charge on any atom is -0.375 e. The number of benzene rings is 1. The van der Waals surface area contributed by atoms with Gasteiger partial charge in [0.15, 0.2) is 0 Å². The number of aryl methyl sites for hydroxylation is 1. The smallest absolute Gasteiger partial charge is 0.0730 e. The summed E-state index contributed by atoms with van der Waals surface area (Å²) in [4.78, 5) is 2.67. The zero-order chi connectivity index (χ0) is 14.7. The largest absolute Gasteiger partial charge is 0.375 e. The highest BCUT2D eigenvalue weighted by Gasteiger charge is 2.35. The molecule has 0 bridgehead atoms. The van der Waals surface area contributed by atoms with Crippen molar-refractivity contribution >= 4 is 0 Å². The molecule has 1 saturated heterocycles. The molecule has 3 nitrogen and oxygen atoms in total. The lowest BCUT2D eigenvalue weighted by Crippen LogP contribution is -2.49. The summed E-state index contributed by atoms with van der Waals surface area (Å²) in [6.45, 7) is 5.33. The van der Waals surface area contributed by atoms with Crippen LogP contribution in [-0.4, -0.2) is 43.8 Å². The molecule has 2 aliphatic rings. The van der Waals surface area contributed by atoms with Gasteiger partial charge < -0.3 is 10.1 Å². The highest BCUT2D eigenvalue weighted by Crippen LogP contribution is 2.30. The van der Waals surface area contributed by atoms with E-state index in [4.69, 9.17) is 4.74 Å². The second kappa shape index (κ2) is 6.91. The Morgan fingerprint density at radius 3 is 2.86 bits per heavy atom. The predicted octanol–water partition coefficient (Wildman–Crippen LogP) is 2.90. The first-order valence-electron chi connectivity index (χ1n) is 8.37. The molecular weight excluding hydrogens is 260 g/mol. The van der Waals surface area contributed by atoms with E-state index in [1.807, 2.05) is 0 Å². The Morgan fingerprint density at radius 2 is 2.10 bits per heavy atom. The van der Waals surface area contributed by atoms with Crippen LogP contribution in [0.5, 0.6) is 0 Å². The van der Waals surface area contributed by atoms with Gasteiger partial charge in [-0.3, -0.25) is 4.90 Å². The molecule has 116 valence electrons.